The van der Waals surface area contributed by atoms with E-state index in [4.69, 9.17) is 15.9 Å². The van der Waals surface area contributed by atoms with E-state index in [1.165, 1.54) is 37.1 Å². The third-order valence-corrected chi connectivity index (χ3v) is 3.76. The highest BCUT2D eigenvalue weighted by Crippen LogP contribution is 2.25. The topological polar surface area (TPSA) is 118 Å². The monoisotopic (exact) mass is 369 g/mol. The van der Waals surface area contributed by atoms with Gasteiger partial charge in [0.15, 0.2) is 0 Å². The Labute approximate surface area is 148 Å². The van der Waals surface area contributed by atoms with Gasteiger partial charge in [0, 0.05) is 30.8 Å². The zero-order valence-corrected chi connectivity index (χ0v) is 14.6. The summed E-state index contributed by atoms with van der Waals surface area (Å²) in [5, 5.41) is 19.6. The minimum atomic E-state index is -1.20. The van der Waals surface area contributed by atoms with Crippen LogP contribution in [0, 0.1) is 5.82 Å². The minimum absolute atomic E-state index is 0.0569. The lowest BCUT2D eigenvalue weighted by molar-refractivity contribution is 0.0697. The van der Waals surface area contributed by atoms with Crippen LogP contribution in [0.15, 0.2) is 40.2 Å². The van der Waals surface area contributed by atoms with Gasteiger partial charge in [-0.1, -0.05) is 0 Å². The van der Waals surface area contributed by atoms with Gasteiger partial charge < -0.3 is 25.8 Å². The molecule has 1 heterocycles. The highest BCUT2D eigenvalue weighted by Gasteiger charge is 2.14. The number of nitrogens with one attached hydrogen (secondary N) is 1. The van der Waals surface area contributed by atoms with Crippen LogP contribution in [0.4, 0.5) is 15.8 Å². The Bertz CT molecular complexity index is 793. The Morgan fingerprint density at radius 2 is 2.00 bits per heavy atom. The number of rotatable bonds is 5. The van der Waals surface area contributed by atoms with Crippen LogP contribution in [0.25, 0.3) is 0 Å². The van der Waals surface area contributed by atoms with Crippen molar-refractivity contribution in [3.05, 3.63) is 52.2 Å². The standard InChI is InChI=1S/C14H13FN2O3S.C2H7NO/c1-17-7-9(14(19)20)12(6-13(17)18)16-11-4-3-8(21-2)5-10(11)15;3-1-2-4/h3-7,16H,1-2H3,(H,19,20);4H,1-3H2. The fourth-order valence-electron chi connectivity index (χ4n) is 1.77. The second-order valence-corrected chi connectivity index (χ2v) is 5.72. The average molecular weight is 369 g/mol. The van der Waals surface area contributed by atoms with Gasteiger partial charge in [0.05, 0.1) is 23.5 Å². The fourth-order valence-corrected chi connectivity index (χ4v) is 2.20. The smallest absolute Gasteiger partial charge is 0.339 e. The van der Waals surface area contributed by atoms with Crippen molar-refractivity contribution in [1.29, 1.82) is 0 Å². The first kappa shape index (κ1) is 20.7. The number of aliphatic hydroxyl groups excluding tert-OH is 1. The molecule has 1 aromatic heterocycles. The second kappa shape index (κ2) is 9.82. The number of thioether (sulfide) groups is 1. The maximum atomic E-state index is 13.9. The molecule has 0 saturated heterocycles. The summed E-state index contributed by atoms with van der Waals surface area (Å²) >= 11 is 1.40. The molecule has 0 bridgehead atoms. The van der Waals surface area contributed by atoms with Crippen molar-refractivity contribution in [1.82, 2.24) is 4.57 Å². The molecular weight excluding hydrogens is 349 g/mol. The van der Waals surface area contributed by atoms with E-state index < -0.39 is 11.8 Å². The molecule has 136 valence electrons. The van der Waals surface area contributed by atoms with Crippen LogP contribution in [-0.4, -0.2) is 40.2 Å². The molecule has 1 aromatic carbocycles. The number of hydrogen-bond donors (Lipinski definition) is 4. The number of aliphatic hydroxyl groups is 1. The van der Waals surface area contributed by atoms with Crippen LogP contribution in [0.2, 0.25) is 0 Å². The number of pyridine rings is 1. The number of nitrogens with two attached hydrogens (primary N) is 1. The quantitative estimate of drug-likeness (QED) is 0.592. The summed E-state index contributed by atoms with van der Waals surface area (Å²) in [7, 11) is 1.45. The maximum absolute atomic E-state index is 13.9. The third-order valence-electron chi connectivity index (χ3n) is 3.03. The number of aryl methyl sites for hydroxylation is 1. The van der Waals surface area contributed by atoms with Crippen molar-refractivity contribution >= 4 is 29.1 Å². The van der Waals surface area contributed by atoms with Crippen molar-refractivity contribution in [2.45, 2.75) is 4.90 Å². The summed E-state index contributed by atoms with van der Waals surface area (Å²) in [4.78, 5) is 23.6. The van der Waals surface area contributed by atoms with E-state index in [0.717, 1.165) is 15.5 Å². The summed E-state index contributed by atoms with van der Waals surface area (Å²) in [6, 6.07) is 5.68. The van der Waals surface area contributed by atoms with Crippen LogP contribution in [0.3, 0.4) is 0 Å². The van der Waals surface area contributed by atoms with Gasteiger partial charge in [0.2, 0.25) is 0 Å². The molecule has 25 heavy (non-hydrogen) atoms. The molecule has 0 spiro atoms. The van der Waals surface area contributed by atoms with Crippen molar-refractivity contribution < 1.29 is 19.4 Å². The van der Waals surface area contributed by atoms with Crippen molar-refractivity contribution in [2.75, 3.05) is 24.7 Å². The maximum Gasteiger partial charge on any atom is 0.339 e. The van der Waals surface area contributed by atoms with Gasteiger partial charge in [-0.2, -0.15) is 0 Å². The normalized spacial score (nSPS) is 9.96. The number of aromatic nitrogens is 1. The molecule has 5 N–H and O–H groups in total. The van der Waals surface area contributed by atoms with Gasteiger partial charge in [-0.25, -0.2) is 9.18 Å². The van der Waals surface area contributed by atoms with Gasteiger partial charge >= 0.3 is 5.97 Å². The molecule has 0 amide bonds. The van der Waals surface area contributed by atoms with Crippen LogP contribution < -0.4 is 16.6 Å². The Balaban J connectivity index is 0.000000705. The highest BCUT2D eigenvalue weighted by molar-refractivity contribution is 7.98. The molecule has 2 aromatic rings. The van der Waals surface area contributed by atoms with Crippen LogP contribution in [-0.2, 0) is 7.05 Å². The van der Waals surface area contributed by atoms with Crippen LogP contribution in [0.5, 0.6) is 0 Å². The number of carbonyl (C=O) groups is 1. The first-order valence-corrected chi connectivity index (χ1v) is 8.42. The largest absolute Gasteiger partial charge is 0.478 e. The van der Waals surface area contributed by atoms with Crippen molar-refractivity contribution in [2.24, 2.45) is 12.8 Å². The summed E-state index contributed by atoms with van der Waals surface area (Å²) in [5.41, 5.74) is 4.46. The molecule has 7 nitrogen and oxygen atoms in total. The van der Waals surface area contributed by atoms with Gasteiger partial charge in [-0.15, -0.1) is 11.8 Å². The summed E-state index contributed by atoms with van der Waals surface area (Å²) in [6.45, 7) is 0.472. The number of benzene rings is 1. The van der Waals surface area contributed by atoms with Gasteiger partial charge in [0.25, 0.3) is 5.56 Å². The average Bonchev–Trinajstić information content (AvgIpc) is 2.59. The van der Waals surface area contributed by atoms with E-state index in [-0.39, 0.29) is 29.1 Å². The molecule has 0 fully saturated rings. The minimum Gasteiger partial charge on any atom is -0.478 e. The summed E-state index contributed by atoms with van der Waals surface area (Å²) in [5.74, 6) is -1.71. The Hall–Kier alpha value is -2.36. The lowest BCUT2D eigenvalue weighted by Crippen LogP contribution is -2.19. The van der Waals surface area contributed by atoms with E-state index in [1.807, 2.05) is 6.26 Å². The molecule has 9 heteroatoms. The molecule has 0 aliphatic carbocycles. The van der Waals surface area contributed by atoms with E-state index in [2.05, 4.69) is 5.32 Å². The van der Waals surface area contributed by atoms with Gasteiger partial charge in [-0.05, 0) is 24.5 Å². The predicted octanol–water partition coefficient (Wildman–Crippen LogP) is 1.63. The zero-order chi connectivity index (χ0) is 19.0. The fraction of sp³-hybridized carbons (Fsp3) is 0.250. The Kier molecular flexibility index (Phi) is 8.12. The highest BCUT2D eigenvalue weighted by atomic mass is 32.2. The number of carboxylic acids is 1. The first-order valence-electron chi connectivity index (χ1n) is 7.19. The molecule has 0 atom stereocenters. The van der Waals surface area contributed by atoms with E-state index >= 15 is 0 Å². The molecule has 0 unspecified atom stereocenters. The van der Waals surface area contributed by atoms with Gasteiger partial charge in [0.1, 0.15) is 5.82 Å². The molecular formula is C16H20FN3O4S. The van der Waals surface area contributed by atoms with Crippen LogP contribution in [0.1, 0.15) is 10.4 Å². The van der Waals surface area contributed by atoms with E-state index in [1.54, 1.807) is 6.07 Å². The number of nitrogens with zero attached hydrogens (tertiary/aromatic N) is 1. The lowest BCUT2D eigenvalue weighted by atomic mass is 10.2. The molecule has 0 saturated carbocycles. The second-order valence-electron chi connectivity index (χ2n) is 4.84. The Morgan fingerprint density at radius 1 is 1.36 bits per heavy atom. The predicted molar refractivity (Wildman–Crippen MR) is 96.2 cm³/mol. The molecule has 0 aliphatic heterocycles. The molecule has 2 rings (SSSR count). The number of anilines is 2. The zero-order valence-electron chi connectivity index (χ0n) is 13.8. The van der Waals surface area contributed by atoms with Gasteiger partial charge in [-0.3, -0.25) is 4.79 Å². The van der Waals surface area contributed by atoms with Crippen molar-refractivity contribution in [3.63, 3.8) is 0 Å². The van der Waals surface area contributed by atoms with Crippen LogP contribution >= 0.6 is 11.8 Å². The molecule has 0 radical (unpaired) electrons. The number of hydrogen-bond acceptors (Lipinski definition) is 6. The number of halogens is 1. The van der Waals surface area contributed by atoms with E-state index in [9.17, 15) is 14.0 Å². The van der Waals surface area contributed by atoms with E-state index in [0.29, 0.717) is 6.54 Å². The number of carboxylic acid groups (broad SMARTS) is 1. The lowest BCUT2D eigenvalue weighted by Gasteiger charge is -2.12. The summed E-state index contributed by atoms with van der Waals surface area (Å²) in [6.07, 6.45) is 3.02. The Morgan fingerprint density at radius 3 is 2.48 bits per heavy atom. The molecule has 0 aliphatic rings. The first-order chi connectivity index (χ1) is 11.8. The third kappa shape index (κ3) is 5.89. The number of aromatic carboxylic acids is 1. The SMILES string of the molecule is CSc1ccc(Nc2cc(=O)n(C)cc2C(=O)O)c(F)c1.NCCO. The summed E-state index contributed by atoms with van der Waals surface area (Å²) < 4.78 is 15.1. The van der Waals surface area contributed by atoms with Crippen molar-refractivity contribution in [3.8, 4) is 0 Å².